The Hall–Kier alpha value is -0.430. The topological polar surface area (TPSA) is 57.6 Å². The normalized spacial score (nSPS) is 23.1. The van der Waals surface area contributed by atoms with Crippen molar-refractivity contribution in [2.24, 2.45) is 5.92 Å². The summed E-state index contributed by atoms with van der Waals surface area (Å²) < 4.78 is 27.1. The fourth-order valence-corrected chi connectivity index (χ4v) is 4.93. The molecule has 104 valence electrons. The van der Waals surface area contributed by atoms with Crippen LogP contribution in [0.15, 0.2) is 27.6 Å². The quantitative estimate of drug-likeness (QED) is 0.910. The minimum Gasteiger partial charge on any atom is -0.387 e. The molecule has 1 aliphatic heterocycles. The molecule has 19 heavy (non-hydrogen) atoms. The van der Waals surface area contributed by atoms with Crippen molar-refractivity contribution in [3.8, 4) is 0 Å². The maximum atomic E-state index is 12.5. The van der Waals surface area contributed by atoms with Gasteiger partial charge in [-0.25, -0.2) is 8.42 Å². The van der Waals surface area contributed by atoms with Crippen molar-refractivity contribution < 1.29 is 13.5 Å². The molecule has 0 aromatic heterocycles. The van der Waals surface area contributed by atoms with Gasteiger partial charge in [0.2, 0.25) is 10.0 Å². The largest absolute Gasteiger partial charge is 0.387 e. The van der Waals surface area contributed by atoms with E-state index in [0.29, 0.717) is 10.8 Å². The van der Waals surface area contributed by atoms with Crippen molar-refractivity contribution in [2.45, 2.75) is 30.3 Å². The molecule has 0 radical (unpaired) electrons. The third kappa shape index (κ3) is 2.24. The van der Waals surface area contributed by atoms with Crippen LogP contribution in [0.4, 0.5) is 0 Å². The van der Waals surface area contributed by atoms with E-state index in [9.17, 15) is 13.5 Å². The number of β-amino-alcohol motifs (C(OH)–C–C–N with tert-alkyl or cyclic N) is 1. The van der Waals surface area contributed by atoms with Gasteiger partial charge in [0.05, 0.1) is 10.5 Å². The van der Waals surface area contributed by atoms with Crippen LogP contribution in [0.25, 0.3) is 0 Å². The Bertz CT molecular complexity index is 619. The Balaban J connectivity index is 1.86. The molecule has 0 atom stereocenters. The van der Waals surface area contributed by atoms with E-state index in [1.54, 1.807) is 19.1 Å². The Morgan fingerprint density at radius 2 is 2.00 bits per heavy atom. The molecule has 6 heteroatoms. The molecular weight excluding hydrogens is 330 g/mol. The number of aryl methyl sites for hydroxylation is 1. The highest BCUT2D eigenvalue weighted by Gasteiger charge is 2.55. The first kappa shape index (κ1) is 13.5. The number of halogens is 1. The van der Waals surface area contributed by atoms with Crippen LogP contribution in [0.3, 0.4) is 0 Å². The molecule has 1 aromatic carbocycles. The molecule has 1 N–H and O–H groups in total. The molecule has 0 spiro atoms. The van der Waals surface area contributed by atoms with Crippen LogP contribution in [0.1, 0.15) is 18.4 Å². The van der Waals surface area contributed by atoms with E-state index in [1.165, 1.54) is 4.31 Å². The molecule has 0 unspecified atom stereocenters. The fraction of sp³-hybridized carbons (Fsp3) is 0.538. The van der Waals surface area contributed by atoms with Gasteiger partial charge in [0.1, 0.15) is 0 Å². The van der Waals surface area contributed by atoms with Gasteiger partial charge in [-0.15, -0.1) is 0 Å². The van der Waals surface area contributed by atoms with Gasteiger partial charge in [-0.3, -0.25) is 0 Å². The molecule has 2 fully saturated rings. The third-order valence-electron chi connectivity index (χ3n) is 4.01. The molecular formula is C13H16BrNO3S. The highest BCUT2D eigenvalue weighted by Crippen LogP contribution is 2.46. The molecule has 1 saturated heterocycles. The third-order valence-corrected chi connectivity index (χ3v) is 6.43. The zero-order valence-electron chi connectivity index (χ0n) is 10.6. The predicted octanol–water partition coefficient (Wildman–Crippen LogP) is 1.90. The molecule has 1 aromatic rings. The van der Waals surface area contributed by atoms with E-state index < -0.39 is 15.6 Å². The summed E-state index contributed by atoms with van der Waals surface area (Å²) in [6.07, 6.45) is 2.03. The van der Waals surface area contributed by atoms with Crippen LogP contribution in [-0.4, -0.2) is 36.5 Å². The van der Waals surface area contributed by atoms with Crippen LogP contribution in [-0.2, 0) is 10.0 Å². The van der Waals surface area contributed by atoms with Crippen molar-refractivity contribution in [1.29, 1.82) is 0 Å². The predicted molar refractivity (Wildman–Crippen MR) is 75.3 cm³/mol. The molecule has 1 aliphatic carbocycles. The van der Waals surface area contributed by atoms with Gasteiger partial charge in [-0.05, 0) is 43.4 Å². The van der Waals surface area contributed by atoms with Gasteiger partial charge < -0.3 is 5.11 Å². The molecule has 0 bridgehead atoms. The summed E-state index contributed by atoms with van der Waals surface area (Å²) in [4.78, 5) is 0.319. The number of rotatable bonds is 3. The lowest BCUT2D eigenvalue weighted by molar-refractivity contribution is -0.0764. The summed E-state index contributed by atoms with van der Waals surface area (Å²) in [5.41, 5.74) is -0.0578. The van der Waals surface area contributed by atoms with E-state index in [4.69, 9.17) is 0 Å². The smallest absolute Gasteiger partial charge is 0.243 e. The Labute approximate surface area is 121 Å². The van der Waals surface area contributed by atoms with Crippen LogP contribution in [0.5, 0.6) is 0 Å². The summed E-state index contributed by atoms with van der Waals surface area (Å²) in [6.45, 7) is 2.24. The highest BCUT2D eigenvalue weighted by atomic mass is 79.9. The average Bonchev–Trinajstić information content (AvgIpc) is 3.12. The van der Waals surface area contributed by atoms with Gasteiger partial charge in [0.15, 0.2) is 0 Å². The Morgan fingerprint density at radius 3 is 2.58 bits per heavy atom. The lowest BCUT2D eigenvalue weighted by Gasteiger charge is -2.45. The molecule has 3 rings (SSSR count). The second kappa shape index (κ2) is 4.28. The van der Waals surface area contributed by atoms with Gasteiger partial charge in [-0.2, -0.15) is 4.31 Å². The number of benzene rings is 1. The molecule has 0 amide bonds. The highest BCUT2D eigenvalue weighted by molar-refractivity contribution is 9.10. The standard InChI is InChI=1S/C13H16BrNO3S/c1-9-2-5-11(14)6-12(9)19(17,18)15-7-13(16,8-15)10-3-4-10/h2,5-6,10,16H,3-4,7-8H2,1H3. The Kier molecular flexibility index (Phi) is 3.05. The van der Waals surface area contributed by atoms with Gasteiger partial charge >= 0.3 is 0 Å². The number of hydrogen-bond acceptors (Lipinski definition) is 3. The summed E-state index contributed by atoms with van der Waals surface area (Å²) in [5.74, 6) is 0.294. The maximum Gasteiger partial charge on any atom is 0.243 e. The number of sulfonamides is 1. The van der Waals surface area contributed by atoms with Gasteiger partial charge in [-0.1, -0.05) is 22.0 Å². The van der Waals surface area contributed by atoms with E-state index in [-0.39, 0.29) is 13.1 Å². The summed E-state index contributed by atoms with van der Waals surface area (Å²) in [5, 5.41) is 10.2. The summed E-state index contributed by atoms with van der Waals surface area (Å²) >= 11 is 3.30. The van der Waals surface area contributed by atoms with Crippen LogP contribution in [0, 0.1) is 12.8 Å². The molecule has 1 saturated carbocycles. The molecule has 2 aliphatic rings. The minimum atomic E-state index is -3.49. The van der Waals surface area contributed by atoms with E-state index in [1.807, 2.05) is 6.07 Å². The minimum absolute atomic E-state index is 0.228. The van der Waals surface area contributed by atoms with Gasteiger partial charge in [0.25, 0.3) is 0 Å². The van der Waals surface area contributed by atoms with E-state index >= 15 is 0 Å². The van der Waals surface area contributed by atoms with Crippen LogP contribution < -0.4 is 0 Å². The molecule has 1 heterocycles. The second-order valence-corrected chi connectivity index (χ2v) is 8.38. The second-order valence-electron chi connectivity index (χ2n) is 5.56. The van der Waals surface area contributed by atoms with E-state index in [2.05, 4.69) is 15.9 Å². The number of nitrogens with zero attached hydrogens (tertiary/aromatic N) is 1. The summed E-state index contributed by atoms with van der Waals surface area (Å²) in [6, 6.07) is 5.23. The maximum absolute atomic E-state index is 12.5. The fourth-order valence-electron chi connectivity index (χ4n) is 2.60. The zero-order valence-corrected chi connectivity index (χ0v) is 13.0. The Morgan fingerprint density at radius 1 is 1.37 bits per heavy atom. The van der Waals surface area contributed by atoms with Crippen LogP contribution in [0.2, 0.25) is 0 Å². The van der Waals surface area contributed by atoms with Crippen molar-refractivity contribution in [2.75, 3.05) is 13.1 Å². The van der Waals surface area contributed by atoms with Crippen molar-refractivity contribution >= 4 is 26.0 Å². The van der Waals surface area contributed by atoms with Crippen molar-refractivity contribution in [3.05, 3.63) is 28.2 Å². The zero-order chi connectivity index (χ0) is 13.8. The van der Waals surface area contributed by atoms with Crippen LogP contribution >= 0.6 is 15.9 Å². The van der Waals surface area contributed by atoms with Gasteiger partial charge in [0, 0.05) is 17.6 Å². The van der Waals surface area contributed by atoms with Crippen molar-refractivity contribution in [1.82, 2.24) is 4.31 Å². The SMILES string of the molecule is Cc1ccc(Br)cc1S(=O)(=O)N1CC(O)(C2CC2)C1. The molecule has 4 nitrogen and oxygen atoms in total. The summed E-state index contributed by atoms with van der Waals surface area (Å²) in [7, 11) is -3.49. The van der Waals surface area contributed by atoms with Crippen molar-refractivity contribution in [3.63, 3.8) is 0 Å². The number of hydrogen-bond donors (Lipinski definition) is 1. The first-order valence-corrected chi connectivity index (χ1v) is 8.55. The first-order valence-electron chi connectivity index (χ1n) is 6.32. The first-order chi connectivity index (χ1) is 8.83. The average molecular weight is 346 g/mol. The lowest BCUT2D eigenvalue weighted by atomic mass is 9.91. The van der Waals surface area contributed by atoms with E-state index in [0.717, 1.165) is 22.9 Å². The number of aliphatic hydroxyl groups is 1. The lowest BCUT2D eigenvalue weighted by Crippen LogP contribution is -2.64. The monoisotopic (exact) mass is 345 g/mol.